The van der Waals surface area contributed by atoms with E-state index in [-0.39, 0.29) is 44.6 Å². The van der Waals surface area contributed by atoms with Crippen molar-refractivity contribution in [3.63, 3.8) is 0 Å². The van der Waals surface area contributed by atoms with Gasteiger partial charge in [-0.05, 0) is 61.4 Å². The van der Waals surface area contributed by atoms with Gasteiger partial charge < -0.3 is 13.8 Å². The first-order valence-corrected chi connectivity index (χ1v) is 12.9. The molecule has 6 nitrogen and oxygen atoms in total. The van der Waals surface area contributed by atoms with Gasteiger partial charge >= 0.3 is 10.1 Å². The van der Waals surface area contributed by atoms with Crippen LogP contribution in [0.5, 0.6) is 11.5 Å². The summed E-state index contributed by atoms with van der Waals surface area (Å²) in [5, 5.41) is 0.266. The van der Waals surface area contributed by atoms with Crippen LogP contribution in [-0.2, 0) is 16.7 Å². The lowest BCUT2D eigenvalue weighted by Crippen LogP contribution is -2.38. The number of ether oxygens (including phenoxy) is 1. The fourth-order valence-electron chi connectivity index (χ4n) is 3.32. The van der Waals surface area contributed by atoms with E-state index in [2.05, 4.69) is 0 Å². The molecule has 0 bridgehead atoms. The quantitative estimate of drug-likeness (QED) is 0.296. The van der Waals surface area contributed by atoms with Crippen LogP contribution in [0.25, 0.3) is 0 Å². The second-order valence-corrected chi connectivity index (χ2v) is 10.1. The Morgan fingerprint density at radius 2 is 1.74 bits per heavy atom. The number of nitrogens with zero attached hydrogens (tertiary/aromatic N) is 1. The smallest absolute Gasteiger partial charge is 0.339 e. The molecule has 0 fully saturated rings. The number of carbonyl (C=O) groups excluding carboxylic acids is 1. The molecular weight excluding hydrogens is 516 g/mol. The van der Waals surface area contributed by atoms with Crippen LogP contribution in [0.15, 0.2) is 65.6 Å². The molecule has 3 aromatic rings. The van der Waals surface area contributed by atoms with Crippen molar-refractivity contribution in [1.82, 2.24) is 4.90 Å². The van der Waals surface area contributed by atoms with Crippen LogP contribution >= 0.6 is 23.2 Å². The Morgan fingerprint density at radius 3 is 2.37 bits per heavy atom. The lowest BCUT2D eigenvalue weighted by atomic mass is 10.1. The third kappa shape index (κ3) is 6.25. The summed E-state index contributed by atoms with van der Waals surface area (Å²) in [6, 6.07) is 14.1. The average molecular weight is 540 g/mol. The third-order valence-electron chi connectivity index (χ3n) is 5.45. The topological polar surface area (TPSA) is 72.9 Å². The predicted octanol–water partition coefficient (Wildman–Crippen LogP) is 6.35. The maximum atomic E-state index is 14.3. The number of benzene rings is 3. The molecule has 10 heteroatoms. The predicted molar refractivity (Wildman–Crippen MR) is 133 cm³/mol. The van der Waals surface area contributed by atoms with Crippen molar-refractivity contribution in [1.29, 1.82) is 0 Å². The van der Waals surface area contributed by atoms with Crippen LogP contribution in [0.2, 0.25) is 10.0 Å². The molecule has 0 saturated carbocycles. The van der Waals surface area contributed by atoms with E-state index in [0.717, 1.165) is 0 Å². The van der Waals surface area contributed by atoms with Crippen LogP contribution in [0.4, 0.5) is 4.39 Å². The second-order valence-electron chi connectivity index (χ2n) is 7.77. The molecule has 0 aromatic heterocycles. The summed E-state index contributed by atoms with van der Waals surface area (Å²) in [6.45, 7) is 3.86. The van der Waals surface area contributed by atoms with Crippen molar-refractivity contribution < 1.29 is 26.5 Å². The van der Waals surface area contributed by atoms with E-state index in [4.69, 9.17) is 32.1 Å². The highest BCUT2D eigenvalue weighted by Crippen LogP contribution is 2.33. The summed E-state index contributed by atoms with van der Waals surface area (Å²) >= 11 is 11.8. The van der Waals surface area contributed by atoms with E-state index in [1.54, 1.807) is 12.1 Å². The molecule has 1 amide bonds. The zero-order chi connectivity index (χ0) is 25.8. The lowest BCUT2D eigenvalue weighted by molar-refractivity contribution is 0.0666. The second kappa shape index (κ2) is 11.3. The zero-order valence-corrected chi connectivity index (χ0v) is 21.6. The first-order chi connectivity index (χ1) is 16.6. The largest absolute Gasteiger partial charge is 0.493 e. The van der Waals surface area contributed by atoms with Gasteiger partial charge in [0.05, 0.1) is 22.7 Å². The molecule has 186 valence electrons. The first kappa shape index (κ1) is 26.8. The van der Waals surface area contributed by atoms with Crippen molar-refractivity contribution >= 4 is 39.2 Å². The van der Waals surface area contributed by atoms with Gasteiger partial charge in [-0.25, -0.2) is 4.39 Å². The lowest BCUT2D eigenvalue weighted by Gasteiger charge is -2.29. The normalized spacial score (nSPS) is 12.2. The van der Waals surface area contributed by atoms with Crippen molar-refractivity contribution in [3.8, 4) is 11.5 Å². The summed E-state index contributed by atoms with van der Waals surface area (Å²) in [6.07, 6.45) is 0.630. The van der Waals surface area contributed by atoms with E-state index in [9.17, 15) is 17.6 Å². The first-order valence-electron chi connectivity index (χ1n) is 10.7. The van der Waals surface area contributed by atoms with Gasteiger partial charge in [0.15, 0.2) is 11.5 Å². The maximum Gasteiger partial charge on any atom is 0.339 e. The number of rotatable bonds is 9. The SMILES string of the molecule is CC[C@H](C)N(Cc1ccc(OC)c(OS(=O)(=O)c2ccc(Cl)c(Cl)c2)c1)C(=O)c1ccccc1F. The molecule has 0 heterocycles. The van der Waals surface area contributed by atoms with E-state index in [1.807, 2.05) is 13.8 Å². The third-order valence-corrected chi connectivity index (χ3v) is 7.42. The molecule has 0 spiro atoms. The Morgan fingerprint density at radius 1 is 1.03 bits per heavy atom. The highest BCUT2D eigenvalue weighted by atomic mass is 35.5. The van der Waals surface area contributed by atoms with E-state index >= 15 is 0 Å². The molecule has 3 aromatic carbocycles. The van der Waals surface area contributed by atoms with Gasteiger partial charge in [-0.1, -0.05) is 48.3 Å². The summed E-state index contributed by atoms with van der Waals surface area (Å²) in [4.78, 5) is 14.5. The minimum Gasteiger partial charge on any atom is -0.493 e. The average Bonchev–Trinajstić information content (AvgIpc) is 2.83. The number of halogens is 3. The fraction of sp³-hybridized carbons (Fsp3) is 0.240. The number of carbonyl (C=O) groups is 1. The van der Waals surface area contributed by atoms with Gasteiger partial charge in [0.2, 0.25) is 0 Å². The van der Waals surface area contributed by atoms with Gasteiger partial charge in [0.25, 0.3) is 5.91 Å². The minimum atomic E-state index is -4.27. The van der Waals surface area contributed by atoms with Crippen LogP contribution in [0.1, 0.15) is 36.2 Å². The molecule has 0 unspecified atom stereocenters. The van der Waals surface area contributed by atoms with Gasteiger partial charge in [0.1, 0.15) is 10.7 Å². The van der Waals surface area contributed by atoms with Gasteiger partial charge in [0, 0.05) is 12.6 Å². The Labute approximate surface area is 214 Å². The van der Waals surface area contributed by atoms with E-state index < -0.39 is 21.8 Å². The Hall–Kier alpha value is -2.81. The van der Waals surface area contributed by atoms with Crippen molar-refractivity contribution in [2.24, 2.45) is 0 Å². The Balaban J connectivity index is 1.94. The number of hydrogen-bond donors (Lipinski definition) is 0. The summed E-state index contributed by atoms with van der Waals surface area (Å²) in [7, 11) is -2.89. The molecular formula is C25H24Cl2FNO5S. The molecule has 0 radical (unpaired) electrons. The maximum absolute atomic E-state index is 14.3. The molecule has 0 aliphatic carbocycles. The standard InChI is InChI=1S/C25H24Cl2FNO5S/c1-4-16(2)29(25(30)19-7-5-6-8-22(19)28)15-17-9-12-23(33-3)24(13-17)34-35(31,32)18-10-11-20(26)21(27)14-18/h5-14,16H,4,15H2,1-3H3/t16-/m0/s1. The highest BCUT2D eigenvalue weighted by molar-refractivity contribution is 7.87. The Kier molecular flexibility index (Phi) is 8.64. The zero-order valence-electron chi connectivity index (χ0n) is 19.3. The Bertz CT molecular complexity index is 1330. The minimum absolute atomic E-state index is 0.0417. The van der Waals surface area contributed by atoms with Gasteiger partial charge in [-0.2, -0.15) is 8.42 Å². The van der Waals surface area contributed by atoms with Crippen molar-refractivity contribution in [3.05, 3.63) is 87.7 Å². The van der Waals surface area contributed by atoms with Crippen LogP contribution in [0.3, 0.4) is 0 Å². The highest BCUT2D eigenvalue weighted by Gasteiger charge is 2.25. The fourth-order valence-corrected chi connectivity index (χ4v) is 4.64. The molecule has 1 atom stereocenters. The number of methoxy groups -OCH3 is 1. The van der Waals surface area contributed by atoms with E-state index in [1.165, 1.54) is 60.5 Å². The molecule has 0 aliphatic heterocycles. The van der Waals surface area contributed by atoms with Crippen molar-refractivity contribution in [2.75, 3.05) is 7.11 Å². The molecule has 3 rings (SSSR count). The molecule has 0 aliphatic rings. The van der Waals surface area contributed by atoms with Crippen molar-refractivity contribution in [2.45, 2.75) is 37.8 Å². The molecule has 0 N–H and O–H groups in total. The molecule has 0 saturated heterocycles. The van der Waals surface area contributed by atoms with Gasteiger partial charge in [-0.15, -0.1) is 0 Å². The summed E-state index contributed by atoms with van der Waals surface area (Å²) < 4.78 is 50.7. The van der Waals surface area contributed by atoms with E-state index in [0.29, 0.717) is 12.0 Å². The van der Waals surface area contributed by atoms with Crippen LogP contribution in [0, 0.1) is 5.82 Å². The van der Waals surface area contributed by atoms with Crippen LogP contribution in [-0.4, -0.2) is 32.4 Å². The van der Waals surface area contributed by atoms with Gasteiger partial charge in [-0.3, -0.25) is 4.79 Å². The molecule has 35 heavy (non-hydrogen) atoms. The number of hydrogen-bond acceptors (Lipinski definition) is 5. The summed E-state index contributed by atoms with van der Waals surface area (Å²) in [5.74, 6) is -0.983. The number of amides is 1. The summed E-state index contributed by atoms with van der Waals surface area (Å²) in [5.41, 5.74) is 0.523. The van der Waals surface area contributed by atoms with Crippen LogP contribution < -0.4 is 8.92 Å². The monoisotopic (exact) mass is 539 g/mol.